The standard InChI is InChI=1S/C15H25N5O7S2/c21-14(17-26-8-10-5-12(6-16-10)18-3-4-28-9-18)13-2-1-11-7-19(13)15(22)20(11)27-29(23,24)25/h10-13,16H,1-9H2,(H,17,21)(H,23,24,25)/t10-,11-,12-,13+/m1/s1. The van der Waals surface area contributed by atoms with Crippen molar-refractivity contribution in [3.63, 3.8) is 0 Å². The third-order valence-electron chi connectivity index (χ3n) is 5.75. The number of carbonyl (C=O) groups excluding carboxylic acids is 2. The topological polar surface area (TPSA) is 141 Å². The zero-order chi connectivity index (χ0) is 20.6. The van der Waals surface area contributed by atoms with Crippen LogP contribution in [0.25, 0.3) is 0 Å². The predicted octanol–water partition coefficient (Wildman–Crippen LogP) is -1.23. The highest BCUT2D eigenvalue weighted by Gasteiger charge is 2.49. The highest BCUT2D eigenvalue weighted by Crippen LogP contribution is 2.30. The van der Waals surface area contributed by atoms with E-state index in [4.69, 9.17) is 9.39 Å². The summed E-state index contributed by atoms with van der Waals surface area (Å²) in [5.74, 6) is 1.76. The van der Waals surface area contributed by atoms with E-state index in [0.717, 1.165) is 31.1 Å². The Hall–Kier alpha value is -1.16. The molecule has 3 amide bonds. The molecule has 4 fully saturated rings. The molecule has 0 aliphatic carbocycles. The summed E-state index contributed by atoms with van der Waals surface area (Å²) < 4.78 is 35.0. The van der Waals surface area contributed by atoms with Crippen molar-refractivity contribution in [2.24, 2.45) is 0 Å². The second kappa shape index (κ2) is 8.53. The molecule has 4 atom stereocenters. The number of carbonyl (C=O) groups is 2. The maximum atomic E-state index is 12.5. The van der Waals surface area contributed by atoms with E-state index in [1.807, 2.05) is 11.8 Å². The molecule has 0 aromatic carbocycles. The zero-order valence-electron chi connectivity index (χ0n) is 15.7. The van der Waals surface area contributed by atoms with E-state index < -0.39 is 34.4 Å². The summed E-state index contributed by atoms with van der Waals surface area (Å²) >= 11 is 1.93. The van der Waals surface area contributed by atoms with Crippen molar-refractivity contribution >= 4 is 34.1 Å². The summed E-state index contributed by atoms with van der Waals surface area (Å²) in [6, 6.07) is -1.44. The summed E-state index contributed by atoms with van der Waals surface area (Å²) in [7, 11) is -4.81. The van der Waals surface area contributed by atoms with Crippen molar-refractivity contribution in [1.82, 2.24) is 25.7 Å². The van der Waals surface area contributed by atoms with Crippen molar-refractivity contribution in [1.29, 1.82) is 0 Å². The van der Waals surface area contributed by atoms with Crippen LogP contribution in [0.15, 0.2) is 0 Å². The van der Waals surface area contributed by atoms with E-state index >= 15 is 0 Å². The molecular weight excluding hydrogens is 426 g/mol. The molecule has 0 aromatic rings. The SMILES string of the molecule is O=C(NOC[C@H]1C[C@@H](N2CCSC2)CN1)[C@@H]1CC[C@@H]2CN1C(=O)N2OS(=O)(=O)O. The molecule has 29 heavy (non-hydrogen) atoms. The number of rotatable bonds is 7. The first-order valence-electron chi connectivity index (χ1n) is 9.55. The first-order valence-corrected chi connectivity index (χ1v) is 12.1. The average molecular weight is 452 g/mol. The Morgan fingerprint density at radius 1 is 1.34 bits per heavy atom. The van der Waals surface area contributed by atoms with Gasteiger partial charge in [0.15, 0.2) is 0 Å². The van der Waals surface area contributed by atoms with Gasteiger partial charge in [-0.2, -0.15) is 13.5 Å². The van der Waals surface area contributed by atoms with Crippen molar-refractivity contribution in [2.45, 2.75) is 43.4 Å². The van der Waals surface area contributed by atoms with Crippen LogP contribution in [-0.4, -0.2) is 102 Å². The van der Waals surface area contributed by atoms with Crippen LogP contribution in [-0.2, 0) is 24.3 Å². The van der Waals surface area contributed by atoms with Crippen LogP contribution in [0, 0.1) is 0 Å². The van der Waals surface area contributed by atoms with Gasteiger partial charge in [0.05, 0.1) is 12.6 Å². The van der Waals surface area contributed by atoms with Gasteiger partial charge in [-0.05, 0) is 19.3 Å². The van der Waals surface area contributed by atoms with E-state index in [1.54, 1.807) is 0 Å². The lowest BCUT2D eigenvalue weighted by Crippen LogP contribution is -2.50. The molecule has 0 saturated carbocycles. The minimum Gasteiger partial charge on any atom is -0.310 e. The zero-order valence-corrected chi connectivity index (χ0v) is 17.4. The molecule has 0 aromatic heterocycles. The number of amides is 3. The van der Waals surface area contributed by atoms with Gasteiger partial charge in [-0.15, -0.1) is 16.0 Å². The maximum Gasteiger partial charge on any atom is 0.418 e. The summed E-state index contributed by atoms with van der Waals surface area (Å²) in [5.41, 5.74) is 2.41. The molecule has 0 spiro atoms. The fraction of sp³-hybridized carbons (Fsp3) is 0.867. The second-order valence-corrected chi connectivity index (χ2v) is 9.71. The number of fused-ring (bicyclic) bond motifs is 2. The lowest BCUT2D eigenvalue weighted by molar-refractivity contribution is -0.139. The highest BCUT2D eigenvalue weighted by molar-refractivity contribution is 7.99. The molecule has 0 unspecified atom stereocenters. The number of hydroxylamine groups is 3. The normalized spacial score (nSPS) is 32.9. The first-order chi connectivity index (χ1) is 13.8. The van der Waals surface area contributed by atoms with Gasteiger partial charge >= 0.3 is 16.4 Å². The minimum absolute atomic E-state index is 0.145. The van der Waals surface area contributed by atoms with Gasteiger partial charge in [-0.1, -0.05) is 0 Å². The molecule has 164 valence electrons. The summed E-state index contributed by atoms with van der Waals surface area (Å²) in [5, 5.41) is 4.02. The van der Waals surface area contributed by atoms with E-state index in [0.29, 0.717) is 30.6 Å². The summed E-state index contributed by atoms with van der Waals surface area (Å²) in [6.45, 7) is 2.47. The Balaban J connectivity index is 1.23. The van der Waals surface area contributed by atoms with E-state index in [1.165, 1.54) is 4.90 Å². The van der Waals surface area contributed by atoms with Gasteiger partial charge in [-0.3, -0.25) is 19.1 Å². The van der Waals surface area contributed by atoms with Crippen molar-refractivity contribution in [3.8, 4) is 0 Å². The van der Waals surface area contributed by atoms with Crippen molar-refractivity contribution in [3.05, 3.63) is 0 Å². The van der Waals surface area contributed by atoms with Gasteiger partial charge in [0.1, 0.15) is 6.04 Å². The molecule has 4 heterocycles. The van der Waals surface area contributed by atoms with Gasteiger partial charge in [-0.25, -0.2) is 10.3 Å². The number of nitrogens with zero attached hydrogens (tertiary/aromatic N) is 3. The molecule has 2 bridgehead atoms. The molecule has 4 aliphatic rings. The van der Waals surface area contributed by atoms with Crippen LogP contribution in [0.2, 0.25) is 0 Å². The van der Waals surface area contributed by atoms with Crippen LogP contribution >= 0.6 is 11.8 Å². The van der Waals surface area contributed by atoms with E-state index in [-0.39, 0.29) is 12.6 Å². The lowest BCUT2D eigenvalue weighted by Gasteiger charge is -2.29. The molecule has 0 radical (unpaired) electrons. The summed E-state index contributed by atoms with van der Waals surface area (Å²) in [4.78, 5) is 33.9. The van der Waals surface area contributed by atoms with Crippen molar-refractivity contribution < 1.29 is 31.7 Å². The summed E-state index contributed by atoms with van der Waals surface area (Å²) in [6.07, 6.45) is 1.66. The molecule has 4 aliphatic heterocycles. The Kier molecular flexibility index (Phi) is 6.20. The maximum absolute atomic E-state index is 12.5. The molecule has 4 saturated heterocycles. The molecular formula is C15H25N5O7S2. The van der Waals surface area contributed by atoms with Crippen LogP contribution in [0.4, 0.5) is 4.79 Å². The van der Waals surface area contributed by atoms with Gasteiger partial charge in [0, 0.05) is 43.3 Å². The quantitative estimate of drug-likeness (QED) is 0.318. The monoisotopic (exact) mass is 451 g/mol. The molecule has 4 rings (SSSR count). The van der Waals surface area contributed by atoms with E-state index in [9.17, 15) is 18.0 Å². The Morgan fingerprint density at radius 3 is 2.90 bits per heavy atom. The van der Waals surface area contributed by atoms with Crippen molar-refractivity contribution in [2.75, 3.05) is 37.9 Å². The lowest BCUT2D eigenvalue weighted by atomic mass is 10.0. The van der Waals surface area contributed by atoms with Crippen LogP contribution in [0.1, 0.15) is 19.3 Å². The number of urea groups is 1. The fourth-order valence-corrected chi connectivity index (χ4v) is 5.76. The smallest absolute Gasteiger partial charge is 0.310 e. The Bertz CT molecular complexity index is 747. The number of hydrogen-bond acceptors (Lipinski definition) is 9. The fourth-order valence-electron chi connectivity index (χ4n) is 4.30. The molecule has 3 N–H and O–H groups in total. The molecule has 14 heteroatoms. The number of piperidine rings is 1. The number of nitrogens with one attached hydrogen (secondary N) is 2. The Morgan fingerprint density at radius 2 is 2.17 bits per heavy atom. The third-order valence-corrected chi connectivity index (χ3v) is 7.09. The number of hydrogen-bond donors (Lipinski definition) is 3. The average Bonchev–Trinajstić information content (AvgIpc) is 3.39. The molecule has 12 nitrogen and oxygen atoms in total. The third kappa shape index (κ3) is 4.78. The number of thioether (sulfide) groups is 1. The first kappa shape index (κ1) is 21.1. The highest BCUT2D eigenvalue weighted by atomic mass is 32.3. The van der Waals surface area contributed by atoms with Crippen LogP contribution in [0.3, 0.4) is 0 Å². The van der Waals surface area contributed by atoms with Gasteiger partial charge < -0.3 is 10.2 Å². The van der Waals surface area contributed by atoms with Crippen LogP contribution < -0.4 is 10.8 Å². The largest absolute Gasteiger partial charge is 0.418 e. The van der Waals surface area contributed by atoms with Crippen LogP contribution in [0.5, 0.6) is 0 Å². The minimum atomic E-state index is -4.81. The predicted molar refractivity (Wildman–Crippen MR) is 102 cm³/mol. The van der Waals surface area contributed by atoms with Gasteiger partial charge in [0.25, 0.3) is 5.91 Å². The van der Waals surface area contributed by atoms with Gasteiger partial charge in [0.2, 0.25) is 0 Å². The Labute approximate surface area is 173 Å². The second-order valence-electron chi connectivity index (χ2n) is 7.63. The van der Waals surface area contributed by atoms with E-state index in [2.05, 4.69) is 20.0 Å².